The van der Waals surface area contributed by atoms with Crippen LogP contribution in [0.15, 0.2) is 0 Å². The molecule has 6 radical (unpaired) electrons. The average molecular weight is 313 g/mol. The minimum absolute atomic E-state index is 0.307. The molecule has 6 nitrogen and oxygen atoms in total. The molecule has 0 aliphatic heterocycles. The van der Waals surface area contributed by atoms with Crippen LogP contribution in [0, 0.1) is 0 Å². The summed E-state index contributed by atoms with van der Waals surface area (Å²) in [5, 5.41) is -0.386. The molecule has 0 heterocycles. The lowest BCUT2D eigenvalue weighted by molar-refractivity contribution is 0.134. The van der Waals surface area contributed by atoms with E-state index in [1.807, 2.05) is 6.92 Å². The van der Waals surface area contributed by atoms with Gasteiger partial charge in [-0.2, -0.15) is 8.42 Å². The summed E-state index contributed by atoms with van der Waals surface area (Å²) in [6.45, 7) is 3.42. The molecule has 0 aliphatic carbocycles. The highest BCUT2D eigenvalue weighted by molar-refractivity contribution is 7.87. The molecule has 0 aliphatic rings. The van der Waals surface area contributed by atoms with Crippen LogP contribution in [0.4, 0.5) is 0 Å². The molecule has 0 fully saturated rings. The van der Waals surface area contributed by atoms with Crippen LogP contribution in [0.3, 0.4) is 0 Å². The van der Waals surface area contributed by atoms with Gasteiger partial charge in [0.15, 0.2) is 0 Å². The summed E-state index contributed by atoms with van der Waals surface area (Å²) in [4.78, 5) is 0. The molecule has 0 spiro atoms. The van der Waals surface area contributed by atoms with Gasteiger partial charge in [0, 0.05) is 13.2 Å². The molecule has 98 valence electrons. The Bertz CT molecular complexity index is 273. The van der Waals surface area contributed by atoms with E-state index in [9.17, 15) is 8.42 Å². The zero-order chi connectivity index (χ0) is 13.1. The van der Waals surface area contributed by atoms with Crippen molar-refractivity contribution in [3.63, 3.8) is 0 Å². The van der Waals surface area contributed by atoms with Crippen LogP contribution in [-0.4, -0.2) is 61.1 Å². The highest BCUT2D eigenvalue weighted by Gasteiger charge is 2.15. The molecule has 0 bridgehead atoms. The Kier molecular flexibility index (Phi) is 10.6. The van der Waals surface area contributed by atoms with Crippen LogP contribution in [0.25, 0.3) is 0 Å². The van der Waals surface area contributed by atoms with Gasteiger partial charge >= 0.3 is 9.28 Å². The summed E-state index contributed by atoms with van der Waals surface area (Å²) in [6, 6.07) is 0.691. The number of hydrogen-bond acceptors (Lipinski definition) is 5. The number of ether oxygens (including phenoxy) is 1. The van der Waals surface area contributed by atoms with E-state index in [4.69, 9.17) is 17.5 Å². The first-order chi connectivity index (χ1) is 7.99. The third kappa shape index (κ3) is 12.7. The van der Waals surface area contributed by atoms with Crippen LogP contribution in [0.2, 0.25) is 6.04 Å². The van der Waals surface area contributed by atoms with Crippen LogP contribution in [-0.2, 0) is 23.1 Å². The molecule has 0 aromatic rings. The van der Waals surface area contributed by atoms with Crippen LogP contribution < -0.4 is 0 Å². The van der Waals surface area contributed by atoms with Gasteiger partial charge in [0.25, 0.3) is 10.1 Å². The Balaban J connectivity index is 3.56. The third-order valence-corrected chi connectivity index (χ3v) is 6.65. The summed E-state index contributed by atoms with van der Waals surface area (Å²) < 4.78 is 44.9. The van der Waals surface area contributed by atoms with Crippen molar-refractivity contribution in [3.8, 4) is 0 Å². The van der Waals surface area contributed by atoms with E-state index >= 15 is 0 Å². The van der Waals surface area contributed by atoms with Gasteiger partial charge in [0.2, 0.25) is 20.2 Å². The quantitative estimate of drug-likeness (QED) is 0.325. The summed E-state index contributed by atoms with van der Waals surface area (Å²) in [7, 11) is -2.88. The molecule has 0 saturated carbocycles. The second kappa shape index (κ2) is 10.4. The fourth-order valence-corrected chi connectivity index (χ4v) is 4.67. The molecule has 0 rings (SSSR count). The van der Waals surface area contributed by atoms with Gasteiger partial charge in [-0.05, 0) is 18.9 Å². The largest absolute Gasteiger partial charge is 0.436 e. The fraction of sp³-hybridized carbons (Fsp3) is 1.00. The molecule has 10 heteroatoms. The van der Waals surface area contributed by atoms with E-state index in [1.165, 1.54) is 0 Å². The smallest absolute Gasteiger partial charge is 0.362 e. The van der Waals surface area contributed by atoms with Gasteiger partial charge in [-0.3, -0.25) is 4.55 Å². The van der Waals surface area contributed by atoms with Crippen molar-refractivity contribution >= 4 is 39.7 Å². The maximum Gasteiger partial charge on any atom is 0.362 e. The molecule has 0 aromatic heterocycles. The van der Waals surface area contributed by atoms with E-state index in [-0.39, 0.29) is 15.1 Å². The van der Waals surface area contributed by atoms with Gasteiger partial charge < -0.3 is 13.0 Å². The maximum atomic E-state index is 10.5. The van der Waals surface area contributed by atoms with E-state index in [0.29, 0.717) is 12.7 Å². The molecular weight excluding hydrogens is 296 g/mol. The predicted octanol–water partition coefficient (Wildman–Crippen LogP) is -0.127. The summed E-state index contributed by atoms with van der Waals surface area (Å²) in [6.07, 6.45) is 1.79. The lowest BCUT2D eigenvalue weighted by atomic mass is 10.5. The monoisotopic (exact) mass is 312 g/mol. The van der Waals surface area contributed by atoms with Gasteiger partial charge in [-0.25, -0.2) is 0 Å². The van der Waals surface area contributed by atoms with Gasteiger partial charge in [0.1, 0.15) is 0 Å². The van der Waals surface area contributed by atoms with E-state index in [2.05, 4.69) is 10.5 Å². The van der Waals surface area contributed by atoms with Crippen molar-refractivity contribution in [3.05, 3.63) is 0 Å². The Morgan fingerprint density at radius 1 is 1.41 bits per heavy atom. The number of rotatable bonds is 11. The first-order valence-corrected chi connectivity index (χ1v) is 9.77. The van der Waals surface area contributed by atoms with Gasteiger partial charge in [-0.15, -0.1) is 0 Å². The maximum absolute atomic E-state index is 10.5. The summed E-state index contributed by atoms with van der Waals surface area (Å²) >= 11 is 0. The Hall–Kier alpha value is 0.441. The Morgan fingerprint density at radius 3 is 2.65 bits per heavy atom. The molecule has 1 N–H and O–H groups in total. The topological polar surface area (TPSA) is 82.1 Å². The first-order valence-electron chi connectivity index (χ1n) is 5.11. The second-order valence-corrected chi connectivity index (χ2v) is 8.65. The summed E-state index contributed by atoms with van der Waals surface area (Å²) in [5.74, 6) is 0. The zero-order valence-electron chi connectivity index (χ0n) is 9.64. The van der Waals surface area contributed by atoms with Crippen molar-refractivity contribution in [1.82, 2.24) is 0 Å². The molecule has 0 unspecified atom stereocenters. The normalized spacial score (nSPS) is 12.2. The minimum atomic E-state index is -3.95. The highest BCUT2D eigenvalue weighted by atomic mass is 32.2. The lowest BCUT2D eigenvalue weighted by Gasteiger charge is -2.11. The average Bonchev–Trinajstić information content (AvgIpc) is 2.25. The van der Waals surface area contributed by atoms with Crippen LogP contribution in [0.5, 0.6) is 0 Å². The van der Waals surface area contributed by atoms with Crippen LogP contribution in [0.1, 0.15) is 19.8 Å². The first kappa shape index (κ1) is 17.4. The molecule has 0 aromatic carbocycles. The second-order valence-electron chi connectivity index (χ2n) is 3.16. The molecule has 17 heavy (non-hydrogen) atoms. The standard InChI is InChI=1S/C7H16O6SSi3/c1-2-4-11-5-3-6-17(12-15)13-16-7-14(8,9)10/h2-7H2,1H3,(H,8,9,10). The van der Waals surface area contributed by atoms with E-state index in [1.54, 1.807) is 0 Å². The SMILES string of the molecule is CCCOCCC[Si](O[Si])O[Si]CS(=O)(=O)O. The molecule has 0 saturated heterocycles. The minimum Gasteiger partial charge on any atom is -0.436 e. The highest BCUT2D eigenvalue weighted by Crippen LogP contribution is 2.00. The lowest BCUT2D eigenvalue weighted by Crippen LogP contribution is -2.27. The fourth-order valence-electron chi connectivity index (χ4n) is 0.872. The Labute approximate surface area is 110 Å². The number of hydrogen-bond donors (Lipinski definition) is 1. The van der Waals surface area contributed by atoms with Crippen molar-refractivity contribution in [1.29, 1.82) is 0 Å². The van der Waals surface area contributed by atoms with Crippen molar-refractivity contribution in [2.24, 2.45) is 0 Å². The van der Waals surface area contributed by atoms with Gasteiger partial charge in [-0.1, -0.05) is 6.92 Å². The van der Waals surface area contributed by atoms with E-state index < -0.39 is 19.4 Å². The van der Waals surface area contributed by atoms with Crippen molar-refractivity contribution in [2.75, 3.05) is 18.6 Å². The van der Waals surface area contributed by atoms with Crippen LogP contribution >= 0.6 is 0 Å². The molecule has 0 amide bonds. The van der Waals surface area contributed by atoms with Gasteiger partial charge in [0.05, 0.1) is 5.38 Å². The molecular formula is C7H16O6SSi3. The zero-order valence-corrected chi connectivity index (χ0v) is 13.5. The summed E-state index contributed by atoms with van der Waals surface area (Å²) in [5.41, 5.74) is 0. The van der Waals surface area contributed by atoms with E-state index in [0.717, 1.165) is 19.4 Å². The van der Waals surface area contributed by atoms with Crippen molar-refractivity contribution < 1.29 is 25.9 Å². The van der Waals surface area contributed by atoms with Crippen molar-refractivity contribution in [2.45, 2.75) is 25.8 Å². The molecule has 0 atom stereocenters. The predicted molar refractivity (Wildman–Crippen MR) is 66.4 cm³/mol. The third-order valence-electron chi connectivity index (χ3n) is 1.56. The Morgan fingerprint density at radius 2 is 2.12 bits per heavy atom.